The van der Waals surface area contributed by atoms with Gasteiger partial charge in [0.25, 0.3) is 5.91 Å². The molecule has 0 bridgehead atoms. The van der Waals surface area contributed by atoms with Crippen molar-refractivity contribution in [3.8, 4) is 6.07 Å². The first-order valence-corrected chi connectivity index (χ1v) is 9.53. The monoisotopic (exact) mass is 378 g/mol. The van der Waals surface area contributed by atoms with Gasteiger partial charge >= 0.3 is 5.97 Å². The second-order valence-electron chi connectivity index (χ2n) is 6.20. The number of nitrogens with one attached hydrogen (secondary N) is 1. The van der Waals surface area contributed by atoms with Crippen molar-refractivity contribution in [3.63, 3.8) is 0 Å². The van der Waals surface area contributed by atoms with Gasteiger partial charge in [-0.25, -0.2) is 9.78 Å². The maximum Gasteiger partial charge on any atom is 0.348 e. The molecule has 1 N–H and O–H groups in total. The molecule has 1 aliphatic carbocycles. The van der Waals surface area contributed by atoms with Gasteiger partial charge in [0, 0.05) is 14.1 Å². The summed E-state index contributed by atoms with van der Waals surface area (Å²) in [5.74, 6) is -0.989. The summed E-state index contributed by atoms with van der Waals surface area (Å²) in [4.78, 5) is 31.7. The Bertz CT molecular complexity index is 812. The van der Waals surface area contributed by atoms with Crippen LogP contribution >= 0.6 is 22.7 Å². The number of thiophene rings is 1. The van der Waals surface area contributed by atoms with Crippen LogP contribution in [-0.4, -0.2) is 43.1 Å². The van der Waals surface area contributed by atoms with E-state index in [0.717, 1.165) is 27.5 Å². The summed E-state index contributed by atoms with van der Waals surface area (Å²) in [6, 6.07) is 3.91. The van der Waals surface area contributed by atoms with E-state index in [4.69, 9.17) is 4.74 Å². The molecule has 0 aromatic carbocycles. The van der Waals surface area contributed by atoms with Crippen molar-refractivity contribution in [1.82, 2.24) is 10.3 Å². The van der Waals surface area contributed by atoms with Gasteiger partial charge in [-0.1, -0.05) is 11.3 Å². The fourth-order valence-corrected chi connectivity index (χ4v) is 4.79. The van der Waals surface area contributed by atoms with Gasteiger partial charge in [0.1, 0.15) is 15.2 Å². The van der Waals surface area contributed by atoms with E-state index < -0.39 is 17.4 Å². The van der Waals surface area contributed by atoms with Crippen molar-refractivity contribution >= 4 is 49.2 Å². The van der Waals surface area contributed by atoms with Gasteiger partial charge < -0.3 is 15.0 Å². The standard InChI is InChI=1S/C16H18N4O3S2/c1-20(2)15-18-13-10(25-15)7-11(24-13)14(22)23-8-12(21)19-16(9-17)5-3-4-6-16/h7H,3-6,8H2,1-2H3,(H,19,21). The number of carbonyl (C=O) groups is 2. The van der Waals surface area contributed by atoms with Crippen LogP contribution < -0.4 is 10.2 Å². The lowest BCUT2D eigenvalue weighted by molar-refractivity contribution is -0.125. The van der Waals surface area contributed by atoms with Gasteiger partial charge in [0.05, 0.1) is 10.8 Å². The highest BCUT2D eigenvalue weighted by atomic mass is 32.1. The number of nitriles is 1. The van der Waals surface area contributed by atoms with Gasteiger partial charge in [0.2, 0.25) is 0 Å². The van der Waals surface area contributed by atoms with Crippen molar-refractivity contribution in [2.45, 2.75) is 31.2 Å². The minimum absolute atomic E-state index is 0.385. The third-order valence-corrected chi connectivity index (χ3v) is 6.35. The molecule has 2 aromatic rings. The molecule has 0 radical (unpaired) electrons. The molecule has 9 heteroatoms. The molecule has 1 aliphatic rings. The van der Waals surface area contributed by atoms with Crippen LogP contribution in [0.2, 0.25) is 0 Å². The molecule has 1 amide bonds. The number of nitrogens with zero attached hydrogens (tertiary/aromatic N) is 3. The highest BCUT2D eigenvalue weighted by Crippen LogP contribution is 2.34. The minimum atomic E-state index is -0.804. The van der Waals surface area contributed by atoms with Gasteiger partial charge in [-0.05, 0) is 31.7 Å². The summed E-state index contributed by atoms with van der Waals surface area (Å²) in [5, 5.41) is 12.8. The number of thiazole rings is 1. The van der Waals surface area contributed by atoms with Crippen LogP contribution in [0.25, 0.3) is 9.53 Å². The number of amides is 1. The van der Waals surface area contributed by atoms with E-state index in [9.17, 15) is 14.9 Å². The molecule has 0 aliphatic heterocycles. The second kappa shape index (κ2) is 6.98. The smallest absolute Gasteiger partial charge is 0.348 e. The van der Waals surface area contributed by atoms with E-state index in [2.05, 4.69) is 16.4 Å². The number of anilines is 1. The summed E-state index contributed by atoms with van der Waals surface area (Å²) < 4.78 is 6.00. The zero-order valence-corrected chi connectivity index (χ0v) is 15.6. The van der Waals surface area contributed by atoms with Crippen molar-refractivity contribution < 1.29 is 14.3 Å². The van der Waals surface area contributed by atoms with Gasteiger partial charge in [0.15, 0.2) is 11.7 Å². The molecular weight excluding hydrogens is 360 g/mol. The molecule has 1 saturated carbocycles. The fourth-order valence-electron chi connectivity index (χ4n) is 2.76. The van der Waals surface area contributed by atoms with Crippen molar-refractivity contribution in [3.05, 3.63) is 10.9 Å². The van der Waals surface area contributed by atoms with Gasteiger partial charge in [-0.3, -0.25) is 4.79 Å². The quantitative estimate of drug-likeness (QED) is 0.804. The fraction of sp³-hybridized carbons (Fsp3) is 0.500. The molecule has 0 saturated heterocycles. The van der Waals surface area contributed by atoms with Crippen LogP contribution in [0.4, 0.5) is 5.13 Å². The highest BCUT2D eigenvalue weighted by molar-refractivity contribution is 7.29. The Morgan fingerprint density at radius 1 is 1.40 bits per heavy atom. The third kappa shape index (κ3) is 3.75. The van der Waals surface area contributed by atoms with Crippen LogP contribution in [0.5, 0.6) is 0 Å². The van der Waals surface area contributed by atoms with Crippen LogP contribution in [0, 0.1) is 11.3 Å². The lowest BCUT2D eigenvalue weighted by Gasteiger charge is -2.21. The van der Waals surface area contributed by atoms with E-state index >= 15 is 0 Å². The summed E-state index contributed by atoms with van der Waals surface area (Å²) in [6.45, 7) is -0.385. The Labute approximate surface area is 153 Å². The SMILES string of the molecule is CN(C)c1nc2sc(C(=O)OCC(=O)NC3(C#N)CCCC3)cc2s1. The van der Waals surface area contributed by atoms with Crippen LogP contribution in [-0.2, 0) is 9.53 Å². The van der Waals surface area contributed by atoms with Crippen LogP contribution in [0.3, 0.4) is 0 Å². The molecule has 3 rings (SSSR count). The molecular formula is C16H18N4O3S2. The summed E-state index contributed by atoms with van der Waals surface area (Å²) in [5.41, 5.74) is -0.804. The van der Waals surface area contributed by atoms with Crippen molar-refractivity contribution in [1.29, 1.82) is 5.26 Å². The normalized spacial score (nSPS) is 15.7. The Morgan fingerprint density at radius 2 is 2.12 bits per heavy atom. The first-order valence-electron chi connectivity index (χ1n) is 7.89. The first-order chi connectivity index (χ1) is 11.9. The predicted molar refractivity (Wildman–Crippen MR) is 97.1 cm³/mol. The number of carbonyl (C=O) groups excluding carboxylic acids is 2. The highest BCUT2D eigenvalue weighted by Gasteiger charge is 2.35. The van der Waals surface area contributed by atoms with E-state index in [-0.39, 0.29) is 6.61 Å². The van der Waals surface area contributed by atoms with Crippen LogP contribution in [0.15, 0.2) is 6.07 Å². The number of hydrogen-bond donors (Lipinski definition) is 1. The molecule has 0 spiro atoms. The molecule has 0 atom stereocenters. The minimum Gasteiger partial charge on any atom is -0.451 e. The van der Waals surface area contributed by atoms with Gasteiger partial charge in [-0.2, -0.15) is 5.26 Å². The molecule has 0 unspecified atom stereocenters. The van der Waals surface area contributed by atoms with Crippen LogP contribution in [0.1, 0.15) is 35.4 Å². The average molecular weight is 378 g/mol. The second-order valence-corrected chi connectivity index (χ2v) is 8.24. The summed E-state index contributed by atoms with van der Waals surface area (Å²) in [6.07, 6.45) is 3.12. The number of fused-ring (bicyclic) bond motifs is 1. The summed E-state index contributed by atoms with van der Waals surface area (Å²) in [7, 11) is 3.82. The molecule has 2 aromatic heterocycles. The third-order valence-electron chi connectivity index (χ3n) is 4.05. The van der Waals surface area contributed by atoms with E-state index in [0.29, 0.717) is 17.7 Å². The zero-order chi connectivity index (χ0) is 18.0. The van der Waals surface area contributed by atoms with Crippen molar-refractivity contribution in [2.24, 2.45) is 0 Å². The lowest BCUT2D eigenvalue weighted by Crippen LogP contribution is -2.46. The molecule has 1 fully saturated rings. The lowest BCUT2D eigenvalue weighted by atomic mass is 10.00. The number of aromatic nitrogens is 1. The maximum absolute atomic E-state index is 12.1. The number of esters is 1. The number of hydrogen-bond acceptors (Lipinski definition) is 8. The molecule has 25 heavy (non-hydrogen) atoms. The molecule has 7 nitrogen and oxygen atoms in total. The predicted octanol–water partition coefficient (Wildman–Crippen LogP) is 2.53. The maximum atomic E-state index is 12.1. The number of ether oxygens (including phenoxy) is 1. The van der Waals surface area contributed by atoms with E-state index in [1.807, 2.05) is 19.0 Å². The molecule has 2 heterocycles. The van der Waals surface area contributed by atoms with E-state index in [1.54, 1.807) is 6.07 Å². The number of rotatable bonds is 5. The van der Waals surface area contributed by atoms with Crippen molar-refractivity contribution in [2.75, 3.05) is 25.6 Å². The zero-order valence-electron chi connectivity index (χ0n) is 14.0. The molecule has 132 valence electrons. The average Bonchev–Trinajstić information content (AvgIpc) is 3.27. The Morgan fingerprint density at radius 3 is 2.72 bits per heavy atom. The Balaban J connectivity index is 1.58. The topological polar surface area (TPSA) is 95.3 Å². The largest absolute Gasteiger partial charge is 0.451 e. The van der Waals surface area contributed by atoms with E-state index in [1.165, 1.54) is 22.7 Å². The van der Waals surface area contributed by atoms with Gasteiger partial charge in [-0.15, -0.1) is 11.3 Å². The first kappa shape index (κ1) is 17.6. The summed E-state index contributed by atoms with van der Waals surface area (Å²) >= 11 is 2.74. The Kier molecular flexibility index (Phi) is 4.92. The Hall–Kier alpha value is -2.18.